The van der Waals surface area contributed by atoms with E-state index in [4.69, 9.17) is 4.74 Å². The van der Waals surface area contributed by atoms with Gasteiger partial charge in [-0.1, -0.05) is 18.2 Å². The SMILES string of the molecule is CCOC(=O)CN(C(=O)c1ccccc1C)C1CC1. The smallest absolute Gasteiger partial charge is 0.325 e. The van der Waals surface area contributed by atoms with E-state index in [-0.39, 0.29) is 24.5 Å². The summed E-state index contributed by atoms with van der Waals surface area (Å²) < 4.78 is 4.93. The van der Waals surface area contributed by atoms with Crippen molar-refractivity contribution in [2.24, 2.45) is 0 Å². The number of hydrogen-bond donors (Lipinski definition) is 0. The Kier molecular flexibility index (Phi) is 4.20. The Labute approximate surface area is 113 Å². The lowest BCUT2D eigenvalue weighted by atomic mass is 10.1. The zero-order valence-electron chi connectivity index (χ0n) is 11.4. The number of esters is 1. The second kappa shape index (κ2) is 5.87. The lowest BCUT2D eigenvalue weighted by Gasteiger charge is -2.22. The van der Waals surface area contributed by atoms with Gasteiger partial charge >= 0.3 is 5.97 Å². The fraction of sp³-hybridized carbons (Fsp3) is 0.467. The van der Waals surface area contributed by atoms with Gasteiger partial charge in [0.2, 0.25) is 0 Å². The number of ether oxygens (including phenoxy) is 1. The molecule has 1 aromatic rings. The molecule has 4 nitrogen and oxygen atoms in total. The van der Waals surface area contributed by atoms with E-state index in [1.807, 2.05) is 25.1 Å². The van der Waals surface area contributed by atoms with Gasteiger partial charge in [0, 0.05) is 11.6 Å². The highest BCUT2D eigenvalue weighted by Gasteiger charge is 2.34. The Balaban J connectivity index is 2.13. The highest BCUT2D eigenvalue weighted by Crippen LogP contribution is 2.28. The number of amides is 1. The molecule has 1 amide bonds. The Morgan fingerprint density at radius 1 is 1.32 bits per heavy atom. The van der Waals surface area contributed by atoms with Crippen LogP contribution in [0.3, 0.4) is 0 Å². The Morgan fingerprint density at radius 2 is 2.00 bits per heavy atom. The predicted octanol–water partition coefficient (Wildman–Crippen LogP) is 2.16. The summed E-state index contributed by atoms with van der Waals surface area (Å²) in [5.74, 6) is -0.412. The van der Waals surface area contributed by atoms with Crippen molar-refractivity contribution in [3.63, 3.8) is 0 Å². The first-order valence-electron chi connectivity index (χ1n) is 6.65. The maximum Gasteiger partial charge on any atom is 0.325 e. The van der Waals surface area contributed by atoms with Crippen molar-refractivity contribution in [1.29, 1.82) is 0 Å². The zero-order chi connectivity index (χ0) is 13.8. The van der Waals surface area contributed by atoms with Crippen LogP contribution in [0, 0.1) is 6.92 Å². The second-order valence-electron chi connectivity index (χ2n) is 4.78. The van der Waals surface area contributed by atoms with Crippen LogP contribution < -0.4 is 0 Å². The zero-order valence-corrected chi connectivity index (χ0v) is 11.4. The summed E-state index contributed by atoms with van der Waals surface area (Å²) in [6.07, 6.45) is 1.94. The molecule has 0 radical (unpaired) electrons. The number of rotatable bonds is 5. The summed E-state index contributed by atoms with van der Waals surface area (Å²) in [7, 11) is 0. The largest absolute Gasteiger partial charge is 0.465 e. The third-order valence-electron chi connectivity index (χ3n) is 3.23. The van der Waals surface area contributed by atoms with Crippen molar-refractivity contribution in [3.05, 3.63) is 35.4 Å². The van der Waals surface area contributed by atoms with Gasteiger partial charge in [-0.05, 0) is 38.3 Å². The number of benzene rings is 1. The van der Waals surface area contributed by atoms with E-state index in [1.54, 1.807) is 17.9 Å². The number of aryl methyl sites for hydroxylation is 1. The molecule has 102 valence electrons. The summed E-state index contributed by atoms with van der Waals surface area (Å²) in [4.78, 5) is 25.7. The van der Waals surface area contributed by atoms with Crippen molar-refractivity contribution in [3.8, 4) is 0 Å². The molecule has 0 N–H and O–H groups in total. The maximum absolute atomic E-state index is 12.5. The minimum Gasteiger partial charge on any atom is -0.465 e. The standard InChI is InChI=1S/C15H19NO3/c1-3-19-14(17)10-16(12-8-9-12)15(18)13-7-5-4-6-11(13)2/h4-7,12H,3,8-10H2,1-2H3. The van der Waals surface area contributed by atoms with Crippen LogP contribution in [0.5, 0.6) is 0 Å². The quantitative estimate of drug-likeness (QED) is 0.763. The van der Waals surface area contributed by atoms with Crippen LogP contribution >= 0.6 is 0 Å². The maximum atomic E-state index is 12.5. The van der Waals surface area contributed by atoms with Crippen molar-refractivity contribution in [2.75, 3.05) is 13.2 Å². The fourth-order valence-electron chi connectivity index (χ4n) is 2.07. The van der Waals surface area contributed by atoms with Gasteiger partial charge in [0.25, 0.3) is 5.91 Å². The van der Waals surface area contributed by atoms with Crippen molar-refractivity contribution >= 4 is 11.9 Å². The number of carbonyl (C=O) groups excluding carboxylic acids is 2. The van der Waals surface area contributed by atoms with Gasteiger partial charge in [-0.15, -0.1) is 0 Å². The van der Waals surface area contributed by atoms with E-state index in [0.29, 0.717) is 12.2 Å². The fourth-order valence-corrected chi connectivity index (χ4v) is 2.07. The van der Waals surface area contributed by atoms with Crippen LogP contribution in [-0.4, -0.2) is 36.0 Å². The van der Waals surface area contributed by atoms with E-state index in [2.05, 4.69) is 0 Å². The highest BCUT2D eigenvalue weighted by atomic mass is 16.5. The van der Waals surface area contributed by atoms with E-state index in [1.165, 1.54) is 0 Å². The number of carbonyl (C=O) groups is 2. The Bertz CT molecular complexity index is 480. The van der Waals surface area contributed by atoms with E-state index in [9.17, 15) is 9.59 Å². The van der Waals surface area contributed by atoms with Gasteiger partial charge in [0.05, 0.1) is 6.61 Å². The van der Waals surface area contributed by atoms with Crippen molar-refractivity contribution < 1.29 is 14.3 Å². The average molecular weight is 261 g/mol. The number of hydrogen-bond acceptors (Lipinski definition) is 3. The van der Waals surface area contributed by atoms with Crippen LogP contribution in [0.4, 0.5) is 0 Å². The molecule has 0 aromatic heterocycles. The molecule has 0 unspecified atom stereocenters. The topological polar surface area (TPSA) is 46.6 Å². The molecule has 1 saturated carbocycles. The van der Waals surface area contributed by atoms with E-state index >= 15 is 0 Å². The summed E-state index contributed by atoms with van der Waals surface area (Å²) in [5.41, 5.74) is 1.60. The molecular formula is C15H19NO3. The average Bonchev–Trinajstić information content (AvgIpc) is 3.20. The lowest BCUT2D eigenvalue weighted by molar-refractivity contribution is -0.144. The summed E-state index contributed by atoms with van der Waals surface area (Å²) >= 11 is 0. The van der Waals surface area contributed by atoms with Gasteiger partial charge in [-0.2, -0.15) is 0 Å². The first-order valence-corrected chi connectivity index (χ1v) is 6.65. The van der Waals surface area contributed by atoms with Gasteiger partial charge < -0.3 is 9.64 Å². The van der Waals surface area contributed by atoms with E-state index in [0.717, 1.165) is 18.4 Å². The minimum atomic E-state index is -0.337. The van der Waals surface area contributed by atoms with Gasteiger partial charge in [-0.25, -0.2) is 0 Å². The molecule has 1 aromatic carbocycles. The van der Waals surface area contributed by atoms with Crippen LogP contribution in [0.1, 0.15) is 35.7 Å². The molecule has 4 heteroatoms. The molecule has 0 bridgehead atoms. The monoisotopic (exact) mass is 261 g/mol. The van der Waals surface area contributed by atoms with Crippen LogP contribution in [0.25, 0.3) is 0 Å². The molecule has 0 atom stereocenters. The normalized spacial score (nSPS) is 14.0. The van der Waals surface area contributed by atoms with Gasteiger partial charge in [0.15, 0.2) is 0 Å². The number of nitrogens with zero attached hydrogens (tertiary/aromatic N) is 1. The van der Waals surface area contributed by atoms with Gasteiger partial charge in [-0.3, -0.25) is 9.59 Å². The van der Waals surface area contributed by atoms with Crippen LogP contribution in [0.15, 0.2) is 24.3 Å². The second-order valence-corrected chi connectivity index (χ2v) is 4.78. The Morgan fingerprint density at radius 3 is 2.58 bits per heavy atom. The molecule has 0 saturated heterocycles. The van der Waals surface area contributed by atoms with Crippen LogP contribution in [-0.2, 0) is 9.53 Å². The molecule has 0 heterocycles. The van der Waals surface area contributed by atoms with Crippen LogP contribution in [0.2, 0.25) is 0 Å². The summed E-state index contributed by atoms with van der Waals surface area (Å²) in [5, 5.41) is 0. The lowest BCUT2D eigenvalue weighted by Crippen LogP contribution is -2.38. The molecule has 1 fully saturated rings. The van der Waals surface area contributed by atoms with Crippen molar-refractivity contribution in [1.82, 2.24) is 4.90 Å². The van der Waals surface area contributed by atoms with Gasteiger partial charge in [0.1, 0.15) is 6.54 Å². The molecular weight excluding hydrogens is 242 g/mol. The molecule has 1 aliphatic carbocycles. The third-order valence-corrected chi connectivity index (χ3v) is 3.23. The molecule has 0 spiro atoms. The first kappa shape index (κ1) is 13.6. The van der Waals surface area contributed by atoms with E-state index < -0.39 is 0 Å². The third kappa shape index (κ3) is 3.34. The highest BCUT2D eigenvalue weighted by molar-refractivity contribution is 5.97. The minimum absolute atomic E-state index is 0.0473. The molecule has 2 rings (SSSR count). The first-order chi connectivity index (χ1) is 9.13. The molecule has 1 aliphatic rings. The summed E-state index contributed by atoms with van der Waals surface area (Å²) in [6, 6.07) is 7.65. The Hall–Kier alpha value is -1.84. The summed E-state index contributed by atoms with van der Waals surface area (Å²) in [6.45, 7) is 4.06. The molecule has 19 heavy (non-hydrogen) atoms. The predicted molar refractivity (Wildman–Crippen MR) is 71.9 cm³/mol. The molecule has 0 aliphatic heterocycles. The van der Waals surface area contributed by atoms with Crippen molar-refractivity contribution in [2.45, 2.75) is 32.7 Å².